The molecule has 1 atom stereocenters. The molecule has 2 nitrogen and oxygen atoms in total. The molecule has 2 aliphatic rings. The summed E-state index contributed by atoms with van der Waals surface area (Å²) in [5.41, 5.74) is 2.74. The molecule has 0 saturated heterocycles. The average Bonchev–Trinajstić information content (AvgIpc) is 2.31. The molecule has 18 heavy (non-hydrogen) atoms. The lowest BCUT2D eigenvalue weighted by Gasteiger charge is -2.41. The molecular weight excluding hydrogens is 224 g/mol. The first-order valence-corrected chi connectivity index (χ1v) is 7.00. The van der Waals surface area contributed by atoms with Crippen LogP contribution in [0.25, 0.3) is 0 Å². The minimum Gasteiger partial charge on any atom is -0.294 e. The van der Waals surface area contributed by atoms with Crippen molar-refractivity contribution in [1.82, 2.24) is 0 Å². The molecule has 0 aromatic heterocycles. The van der Waals surface area contributed by atoms with E-state index >= 15 is 0 Å². The first-order chi connectivity index (χ1) is 8.50. The fourth-order valence-corrected chi connectivity index (χ4v) is 3.28. The predicted octanol–water partition coefficient (Wildman–Crippen LogP) is 3.76. The molecular formula is C16H22O2. The van der Waals surface area contributed by atoms with Gasteiger partial charge in [0.2, 0.25) is 0 Å². The molecule has 0 aromatic carbocycles. The number of fused-ring (bicyclic) bond motifs is 1. The van der Waals surface area contributed by atoms with Crippen LogP contribution in [-0.2, 0) is 9.59 Å². The van der Waals surface area contributed by atoms with Gasteiger partial charge >= 0.3 is 0 Å². The summed E-state index contributed by atoms with van der Waals surface area (Å²) in [5.74, 6) is -0.00491. The first kappa shape index (κ1) is 13.3. The fourth-order valence-electron chi connectivity index (χ4n) is 3.28. The Hall–Kier alpha value is -1.18. The number of Topliss-reactive ketones (excluding diaryl/α,β-unsaturated/α-hetero) is 1. The molecule has 0 heterocycles. The second-order valence-corrected chi connectivity index (χ2v) is 5.76. The monoisotopic (exact) mass is 246 g/mol. The predicted molar refractivity (Wildman–Crippen MR) is 72.3 cm³/mol. The molecule has 2 heteroatoms. The maximum Gasteiger partial charge on any atom is 0.189 e. The summed E-state index contributed by atoms with van der Waals surface area (Å²) in [6.45, 7) is 6.21. The van der Waals surface area contributed by atoms with Gasteiger partial charge in [0.25, 0.3) is 0 Å². The van der Waals surface area contributed by atoms with Crippen molar-refractivity contribution in [1.29, 1.82) is 0 Å². The van der Waals surface area contributed by atoms with Gasteiger partial charge in [-0.1, -0.05) is 25.8 Å². The van der Waals surface area contributed by atoms with Crippen LogP contribution in [0.4, 0.5) is 0 Å². The van der Waals surface area contributed by atoms with Crippen molar-refractivity contribution in [3.63, 3.8) is 0 Å². The lowest BCUT2D eigenvalue weighted by Crippen LogP contribution is -2.33. The van der Waals surface area contributed by atoms with Crippen LogP contribution in [-0.4, -0.2) is 11.6 Å². The maximum atomic E-state index is 12.2. The van der Waals surface area contributed by atoms with E-state index in [1.54, 1.807) is 6.08 Å². The Morgan fingerprint density at radius 3 is 2.78 bits per heavy atom. The van der Waals surface area contributed by atoms with Gasteiger partial charge in [-0.25, -0.2) is 0 Å². The van der Waals surface area contributed by atoms with Crippen LogP contribution < -0.4 is 0 Å². The Bertz CT molecular complexity index is 454. The Balaban J connectivity index is 2.49. The second kappa shape index (κ2) is 4.83. The lowest BCUT2D eigenvalue weighted by atomic mass is 9.62. The first-order valence-electron chi connectivity index (χ1n) is 7.00. The highest BCUT2D eigenvalue weighted by atomic mass is 16.1. The summed E-state index contributed by atoms with van der Waals surface area (Å²) in [5, 5.41) is 0. The molecule has 0 N–H and O–H groups in total. The zero-order valence-corrected chi connectivity index (χ0v) is 11.6. The van der Waals surface area contributed by atoms with E-state index in [2.05, 4.69) is 6.92 Å². The molecule has 0 radical (unpaired) electrons. The van der Waals surface area contributed by atoms with Crippen LogP contribution in [0.3, 0.4) is 0 Å². The third kappa shape index (κ3) is 1.98. The molecule has 0 amide bonds. The summed E-state index contributed by atoms with van der Waals surface area (Å²) in [6.07, 6.45) is 7.27. The molecule has 0 spiro atoms. The topological polar surface area (TPSA) is 34.1 Å². The largest absolute Gasteiger partial charge is 0.294 e. The minimum absolute atomic E-state index is 0.0368. The molecule has 2 rings (SSSR count). The van der Waals surface area contributed by atoms with Crippen LogP contribution in [0.1, 0.15) is 59.3 Å². The standard InChI is InChI=1S/C16H22O2/c1-4-7-13(17)15-12-8-5-6-9-16(12,3)11(2)10-14(15)18/h10H,4-9H2,1-3H3. The number of allylic oxidation sites excluding steroid dienone is 4. The number of ketones is 2. The molecule has 0 bridgehead atoms. The van der Waals surface area contributed by atoms with E-state index in [1.807, 2.05) is 13.8 Å². The molecule has 1 fully saturated rings. The quantitative estimate of drug-likeness (QED) is 0.710. The number of rotatable bonds is 3. The van der Waals surface area contributed by atoms with Crippen LogP contribution in [0.15, 0.2) is 22.8 Å². The van der Waals surface area contributed by atoms with Gasteiger partial charge < -0.3 is 0 Å². The van der Waals surface area contributed by atoms with Gasteiger partial charge in [-0.3, -0.25) is 9.59 Å². The van der Waals surface area contributed by atoms with Gasteiger partial charge in [0, 0.05) is 11.8 Å². The van der Waals surface area contributed by atoms with E-state index in [9.17, 15) is 9.59 Å². The minimum atomic E-state index is -0.0553. The zero-order chi connectivity index (χ0) is 13.3. The lowest BCUT2D eigenvalue weighted by molar-refractivity contribution is -0.120. The van der Waals surface area contributed by atoms with Crippen LogP contribution in [0, 0.1) is 5.41 Å². The van der Waals surface area contributed by atoms with Crippen molar-refractivity contribution < 1.29 is 9.59 Å². The summed E-state index contributed by atoms with van der Waals surface area (Å²) in [6, 6.07) is 0. The van der Waals surface area contributed by atoms with Crippen LogP contribution in [0.5, 0.6) is 0 Å². The van der Waals surface area contributed by atoms with E-state index in [0.29, 0.717) is 12.0 Å². The highest BCUT2D eigenvalue weighted by molar-refractivity contribution is 6.25. The van der Waals surface area contributed by atoms with E-state index < -0.39 is 0 Å². The number of carbonyl (C=O) groups is 2. The molecule has 1 saturated carbocycles. The average molecular weight is 246 g/mol. The fraction of sp³-hybridized carbons (Fsp3) is 0.625. The van der Waals surface area contributed by atoms with Gasteiger partial charge in [0.15, 0.2) is 11.6 Å². The third-order valence-corrected chi connectivity index (χ3v) is 4.54. The highest BCUT2D eigenvalue weighted by Gasteiger charge is 2.40. The van der Waals surface area contributed by atoms with Crippen molar-refractivity contribution in [2.75, 3.05) is 0 Å². The number of hydrogen-bond donors (Lipinski definition) is 0. The van der Waals surface area contributed by atoms with Gasteiger partial charge in [-0.05, 0) is 44.3 Å². The molecule has 0 aromatic rings. The van der Waals surface area contributed by atoms with Gasteiger partial charge in [0.1, 0.15) is 0 Å². The summed E-state index contributed by atoms with van der Waals surface area (Å²) in [7, 11) is 0. The normalized spacial score (nSPS) is 27.9. The Morgan fingerprint density at radius 1 is 1.39 bits per heavy atom. The SMILES string of the molecule is CCCC(=O)C1=C2CCCCC2(C)C(C)=CC1=O. The van der Waals surface area contributed by atoms with Gasteiger partial charge in [0.05, 0.1) is 5.57 Å². The van der Waals surface area contributed by atoms with E-state index in [4.69, 9.17) is 0 Å². The molecule has 98 valence electrons. The smallest absolute Gasteiger partial charge is 0.189 e. The third-order valence-electron chi connectivity index (χ3n) is 4.54. The van der Waals surface area contributed by atoms with Crippen LogP contribution >= 0.6 is 0 Å². The summed E-state index contributed by atoms with van der Waals surface area (Å²) in [4.78, 5) is 24.4. The summed E-state index contributed by atoms with van der Waals surface area (Å²) >= 11 is 0. The maximum absolute atomic E-state index is 12.2. The summed E-state index contributed by atoms with van der Waals surface area (Å²) < 4.78 is 0. The van der Waals surface area contributed by atoms with E-state index in [-0.39, 0.29) is 17.0 Å². The van der Waals surface area contributed by atoms with Gasteiger partial charge in [-0.2, -0.15) is 0 Å². The molecule has 2 aliphatic carbocycles. The Labute approximate surface area is 109 Å². The Kier molecular flexibility index (Phi) is 3.56. The van der Waals surface area contributed by atoms with Crippen molar-refractivity contribution in [3.05, 3.63) is 22.8 Å². The van der Waals surface area contributed by atoms with Crippen molar-refractivity contribution in [2.45, 2.75) is 59.3 Å². The molecule has 0 aliphatic heterocycles. The van der Waals surface area contributed by atoms with Crippen molar-refractivity contribution >= 4 is 11.6 Å². The Morgan fingerprint density at radius 2 is 2.11 bits per heavy atom. The number of hydrogen-bond acceptors (Lipinski definition) is 2. The highest BCUT2D eigenvalue weighted by Crippen LogP contribution is 2.49. The van der Waals surface area contributed by atoms with Crippen LogP contribution in [0.2, 0.25) is 0 Å². The van der Waals surface area contributed by atoms with E-state index in [0.717, 1.165) is 36.8 Å². The van der Waals surface area contributed by atoms with Gasteiger partial charge in [-0.15, -0.1) is 0 Å². The van der Waals surface area contributed by atoms with Crippen molar-refractivity contribution in [2.24, 2.45) is 5.41 Å². The van der Waals surface area contributed by atoms with Crippen molar-refractivity contribution in [3.8, 4) is 0 Å². The van der Waals surface area contributed by atoms with E-state index in [1.165, 1.54) is 6.42 Å². The number of carbonyl (C=O) groups excluding carboxylic acids is 2. The zero-order valence-electron chi connectivity index (χ0n) is 11.6. The molecule has 1 unspecified atom stereocenters. The second-order valence-electron chi connectivity index (χ2n) is 5.76.